The minimum Gasteiger partial charge on any atom is -0.352 e. The Kier molecular flexibility index (Phi) is 3.68. The largest absolute Gasteiger partial charge is 0.352 e. The van der Waals surface area contributed by atoms with Crippen molar-refractivity contribution < 1.29 is 13.2 Å². The Bertz CT molecular complexity index is 550. The Morgan fingerprint density at radius 1 is 1.39 bits per heavy atom. The first-order valence-electron chi connectivity index (χ1n) is 5.88. The second-order valence-electron chi connectivity index (χ2n) is 4.58. The highest BCUT2D eigenvalue weighted by Gasteiger charge is 2.18. The van der Waals surface area contributed by atoms with Gasteiger partial charge in [0.1, 0.15) is 0 Å². The SMILES string of the molecule is NS(=O)(=O)c1cccc(C(=O)NCC2CCC2)c1. The monoisotopic (exact) mass is 268 g/mol. The topological polar surface area (TPSA) is 89.3 Å². The molecule has 0 spiro atoms. The summed E-state index contributed by atoms with van der Waals surface area (Å²) in [6, 6.07) is 5.76. The van der Waals surface area contributed by atoms with E-state index in [9.17, 15) is 13.2 Å². The first-order valence-corrected chi connectivity index (χ1v) is 7.42. The summed E-state index contributed by atoms with van der Waals surface area (Å²) in [5, 5.41) is 7.82. The highest BCUT2D eigenvalue weighted by atomic mass is 32.2. The van der Waals surface area contributed by atoms with E-state index in [2.05, 4.69) is 5.32 Å². The molecule has 1 aromatic rings. The molecule has 0 aliphatic heterocycles. The van der Waals surface area contributed by atoms with Crippen molar-refractivity contribution in [3.63, 3.8) is 0 Å². The number of hydrogen-bond acceptors (Lipinski definition) is 3. The Labute approximate surface area is 106 Å². The molecule has 18 heavy (non-hydrogen) atoms. The zero-order valence-electron chi connectivity index (χ0n) is 9.93. The highest BCUT2D eigenvalue weighted by molar-refractivity contribution is 7.89. The van der Waals surface area contributed by atoms with Gasteiger partial charge in [-0.15, -0.1) is 0 Å². The van der Waals surface area contributed by atoms with Gasteiger partial charge in [-0.25, -0.2) is 13.6 Å². The van der Waals surface area contributed by atoms with Crippen molar-refractivity contribution in [3.05, 3.63) is 29.8 Å². The Morgan fingerprint density at radius 3 is 2.67 bits per heavy atom. The van der Waals surface area contributed by atoms with Crippen molar-refractivity contribution in [1.82, 2.24) is 5.32 Å². The summed E-state index contributed by atoms with van der Waals surface area (Å²) in [5.41, 5.74) is 0.320. The molecular weight excluding hydrogens is 252 g/mol. The van der Waals surface area contributed by atoms with E-state index in [4.69, 9.17) is 5.14 Å². The second kappa shape index (κ2) is 5.07. The number of primary sulfonamides is 1. The van der Waals surface area contributed by atoms with Crippen molar-refractivity contribution >= 4 is 15.9 Å². The molecule has 98 valence electrons. The standard InChI is InChI=1S/C12H16N2O3S/c13-18(16,17)11-6-2-5-10(7-11)12(15)14-8-9-3-1-4-9/h2,5-7,9H,1,3-4,8H2,(H,14,15)(H2,13,16,17). The van der Waals surface area contributed by atoms with Crippen LogP contribution >= 0.6 is 0 Å². The molecule has 2 rings (SSSR count). The molecule has 0 saturated heterocycles. The van der Waals surface area contributed by atoms with Crippen LogP contribution in [0.25, 0.3) is 0 Å². The van der Waals surface area contributed by atoms with Gasteiger partial charge in [-0.2, -0.15) is 0 Å². The van der Waals surface area contributed by atoms with E-state index >= 15 is 0 Å². The van der Waals surface area contributed by atoms with Crippen LogP contribution < -0.4 is 10.5 Å². The molecule has 0 unspecified atom stereocenters. The quantitative estimate of drug-likeness (QED) is 0.849. The molecule has 0 heterocycles. The Morgan fingerprint density at radius 2 is 2.11 bits per heavy atom. The van der Waals surface area contributed by atoms with E-state index in [1.54, 1.807) is 6.07 Å². The van der Waals surface area contributed by atoms with Crippen LogP contribution in [0.15, 0.2) is 29.2 Å². The van der Waals surface area contributed by atoms with E-state index in [1.807, 2.05) is 0 Å². The molecule has 1 saturated carbocycles. The molecule has 6 heteroatoms. The minimum atomic E-state index is -3.76. The van der Waals surface area contributed by atoms with Gasteiger partial charge < -0.3 is 5.32 Å². The van der Waals surface area contributed by atoms with Crippen LogP contribution in [0.3, 0.4) is 0 Å². The Hall–Kier alpha value is -1.40. The third-order valence-corrected chi connectivity index (χ3v) is 4.11. The fourth-order valence-electron chi connectivity index (χ4n) is 1.85. The lowest BCUT2D eigenvalue weighted by Gasteiger charge is -2.25. The van der Waals surface area contributed by atoms with Gasteiger partial charge in [0, 0.05) is 12.1 Å². The summed E-state index contributed by atoms with van der Waals surface area (Å²) < 4.78 is 22.4. The second-order valence-corrected chi connectivity index (χ2v) is 6.14. The summed E-state index contributed by atoms with van der Waals surface area (Å²) in [6.45, 7) is 0.651. The van der Waals surface area contributed by atoms with Gasteiger partial charge in [0.15, 0.2) is 0 Å². The molecule has 0 bridgehead atoms. The van der Waals surface area contributed by atoms with Gasteiger partial charge in [0.2, 0.25) is 10.0 Å². The van der Waals surface area contributed by atoms with E-state index in [0.29, 0.717) is 18.0 Å². The maximum Gasteiger partial charge on any atom is 0.251 e. The number of hydrogen-bond donors (Lipinski definition) is 2. The zero-order valence-corrected chi connectivity index (χ0v) is 10.7. The van der Waals surface area contributed by atoms with Crippen LogP contribution in [0, 0.1) is 5.92 Å². The average Bonchev–Trinajstić information content (AvgIpc) is 2.26. The van der Waals surface area contributed by atoms with Crippen molar-refractivity contribution in [2.75, 3.05) is 6.54 Å². The molecule has 1 fully saturated rings. The van der Waals surface area contributed by atoms with Crippen LogP contribution in [-0.2, 0) is 10.0 Å². The van der Waals surface area contributed by atoms with E-state index < -0.39 is 10.0 Å². The molecule has 5 nitrogen and oxygen atoms in total. The average molecular weight is 268 g/mol. The van der Waals surface area contributed by atoms with E-state index in [-0.39, 0.29) is 10.8 Å². The lowest BCUT2D eigenvalue weighted by Crippen LogP contribution is -2.32. The number of benzene rings is 1. The van der Waals surface area contributed by atoms with Crippen molar-refractivity contribution in [2.24, 2.45) is 11.1 Å². The molecule has 0 aromatic heterocycles. The smallest absolute Gasteiger partial charge is 0.251 e. The number of nitrogens with one attached hydrogen (secondary N) is 1. The maximum atomic E-state index is 11.8. The van der Waals surface area contributed by atoms with Gasteiger partial charge in [-0.3, -0.25) is 4.79 Å². The third-order valence-electron chi connectivity index (χ3n) is 3.20. The van der Waals surface area contributed by atoms with Crippen LogP contribution in [0.4, 0.5) is 0 Å². The van der Waals surface area contributed by atoms with E-state index in [1.165, 1.54) is 24.6 Å². The number of sulfonamides is 1. The number of carbonyl (C=O) groups is 1. The lowest BCUT2D eigenvalue weighted by atomic mass is 9.85. The fraction of sp³-hybridized carbons (Fsp3) is 0.417. The van der Waals surface area contributed by atoms with Crippen molar-refractivity contribution in [1.29, 1.82) is 0 Å². The summed E-state index contributed by atoms with van der Waals surface area (Å²) in [6.07, 6.45) is 3.52. The van der Waals surface area contributed by atoms with Crippen LogP contribution in [-0.4, -0.2) is 20.9 Å². The fourth-order valence-corrected chi connectivity index (χ4v) is 2.41. The molecule has 1 aliphatic carbocycles. The first-order chi connectivity index (χ1) is 8.47. The van der Waals surface area contributed by atoms with Gasteiger partial charge in [-0.1, -0.05) is 12.5 Å². The van der Waals surface area contributed by atoms with Gasteiger partial charge >= 0.3 is 0 Å². The molecule has 0 radical (unpaired) electrons. The zero-order chi connectivity index (χ0) is 13.2. The number of nitrogens with two attached hydrogens (primary N) is 1. The molecular formula is C12H16N2O3S. The summed E-state index contributed by atoms with van der Waals surface area (Å²) in [4.78, 5) is 11.8. The van der Waals surface area contributed by atoms with Gasteiger partial charge in [-0.05, 0) is 37.0 Å². The summed E-state index contributed by atoms with van der Waals surface area (Å²) >= 11 is 0. The molecule has 1 aliphatic rings. The van der Waals surface area contributed by atoms with Gasteiger partial charge in [0.25, 0.3) is 5.91 Å². The normalized spacial score (nSPS) is 16.1. The molecule has 0 atom stereocenters. The van der Waals surface area contributed by atoms with Crippen LogP contribution in [0.1, 0.15) is 29.6 Å². The predicted molar refractivity (Wildman–Crippen MR) is 67.5 cm³/mol. The summed E-state index contributed by atoms with van der Waals surface area (Å²) in [7, 11) is -3.76. The number of carbonyl (C=O) groups excluding carboxylic acids is 1. The molecule has 1 amide bonds. The van der Waals surface area contributed by atoms with Crippen LogP contribution in [0.2, 0.25) is 0 Å². The summed E-state index contributed by atoms with van der Waals surface area (Å²) in [5.74, 6) is 0.308. The molecule has 1 aromatic carbocycles. The van der Waals surface area contributed by atoms with Crippen molar-refractivity contribution in [2.45, 2.75) is 24.2 Å². The van der Waals surface area contributed by atoms with Crippen LogP contribution in [0.5, 0.6) is 0 Å². The number of rotatable bonds is 4. The van der Waals surface area contributed by atoms with Gasteiger partial charge in [0.05, 0.1) is 4.90 Å². The maximum absolute atomic E-state index is 11.8. The predicted octanol–water partition coefficient (Wildman–Crippen LogP) is 0.864. The number of amides is 1. The third kappa shape index (κ3) is 3.08. The first kappa shape index (κ1) is 13.0. The minimum absolute atomic E-state index is 0.0428. The van der Waals surface area contributed by atoms with Crippen molar-refractivity contribution in [3.8, 4) is 0 Å². The Balaban J connectivity index is 2.05. The van der Waals surface area contributed by atoms with E-state index in [0.717, 1.165) is 12.8 Å². The lowest BCUT2D eigenvalue weighted by molar-refractivity contribution is 0.0939. The highest BCUT2D eigenvalue weighted by Crippen LogP contribution is 2.25. The molecule has 3 N–H and O–H groups in total.